The van der Waals surface area contributed by atoms with Crippen LogP contribution >= 0.6 is 15.9 Å². The number of aliphatic hydroxyl groups is 1. The third-order valence-electron chi connectivity index (χ3n) is 4.84. The fraction of sp³-hybridized carbons (Fsp3) is 0.556. The van der Waals surface area contributed by atoms with Crippen molar-refractivity contribution in [3.8, 4) is 0 Å². The standard InChI is InChI=1S/C18H24BrN3O3/c19-11-4-9-14(20-12-5-7-13(23)8-6-12)16(10-11)22-18(25)15-2-1-3-17(24)21-15/h4,9-10,12-13,15,20,23H,1-3,5-8H2,(H,21,24)(H,22,25)/t12-,13-,15-/m0/s1. The molecule has 0 spiro atoms. The van der Waals surface area contributed by atoms with E-state index in [9.17, 15) is 14.7 Å². The van der Waals surface area contributed by atoms with Crippen LogP contribution in [0.3, 0.4) is 0 Å². The molecule has 1 aromatic carbocycles. The molecule has 1 aromatic rings. The monoisotopic (exact) mass is 409 g/mol. The number of carbonyl (C=O) groups excluding carboxylic acids is 2. The Morgan fingerprint density at radius 2 is 1.92 bits per heavy atom. The first-order chi connectivity index (χ1) is 12.0. The maximum Gasteiger partial charge on any atom is 0.247 e. The van der Waals surface area contributed by atoms with Gasteiger partial charge in [0, 0.05) is 16.9 Å². The molecule has 1 saturated carbocycles. The van der Waals surface area contributed by atoms with E-state index in [-0.39, 0.29) is 24.0 Å². The lowest BCUT2D eigenvalue weighted by Crippen LogP contribution is -2.46. The van der Waals surface area contributed by atoms with Crippen LogP contribution in [0.2, 0.25) is 0 Å². The van der Waals surface area contributed by atoms with Crippen LogP contribution in [-0.2, 0) is 9.59 Å². The van der Waals surface area contributed by atoms with Crippen molar-refractivity contribution < 1.29 is 14.7 Å². The highest BCUT2D eigenvalue weighted by atomic mass is 79.9. The lowest BCUT2D eigenvalue weighted by Gasteiger charge is -2.28. The topological polar surface area (TPSA) is 90.5 Å². The summed E-state index contributed by atoms with van der Waals surface area (Å²) in [5.41, 5.74) is 1.56. The first-order valence-corrected chi connectivity index (χ1v) is 9.65. The number of anilines is 2. The van der Waals surface area contributed by atoms with Crippen LogP contribution in [0.1, 0.15) is 44.9 Å². The molecule has 1 atom stereocenters. The van der Waals surface area contributed by atoms with Gasteiger partial charge in [-0.05, 0) is 56.7 Å². The van der Waals surface area contributed by atoms with Crippen LogP contribution < -0.4 is 16.0 Å². The third-order valence-corrected chi connectivity index (χ3v) is 5.34. The van der Waals surface area contributed by atoms with Gasteiger partial charge in [0.1, 0.15) is 6.04 Å². The van der Waals surface area contributed by atoms with Gasteiger partial charge >= 0.3 is 0 Å². The van der Waals surface area contributed by atoms with E-state index in [0.717, 1.165) is 42.3 Å². The van der Waals surface area contributed by atoms with Crippen LogP contribution in [0.5, 0.6) is 0 Å². The van der Waals surface area contributed by atoms with Gasteiger partial charge in [0.05, 0.1) is 17.5 Å². The Hall–Kier alpha value is -1.60. The normalized spacial score (nSPS) is 26.6. The van der Waals surface area contributed by atoms with Crippen molar-refractivity contribution in [3.63, 3.8) is 0 Å². The van der Waals surface area contributed by atoms with Crippen LogP contribution in [0.4, 0.5) is 11.4 Å². The molecule has 4 N–H and O–H groups in total. The van der Waals surface area contributed by atoms with Gasteiger partial charge in [-0.1, -0.05) is 15.9 Å². The molecule has 2 aliphatic rings. The summed E-state index contributed by atoms with van der Waals surface area (Å²) in [6.45, 7) is 0. The van der Waals surface area contributed by atoms with Crippen molar-refractivity contribution in [2.24, 2.45) is 0 Å². The smallest absolute Gasteiger partial charge is 0.247 e. The number of hydrogen-bond acceptors (Lipinski definition) is 4. The zero-order valence-electron chi connectivity index (χ0n) is 14.1. The summed E-state index contributed by atoms with van der Waals surface area (Å²) in [5, 5.41) is 18.8. The molecule has 1 heterocycles. The Bertz CT molecular complexity index is 644. The van der Waals surface area contributed by atoms with Gasteiger partial charge in [-0.15, -0.1) is 0 Å². The summed E-state index contributed by atoms with van der Waals surface area (Å²) in [7, 11) is 0. The van der Waals surface area contributed by atoms with Crippen LogP contribution in [-0.4, -0.2) is 35.1 Å². The molecule has 1 aliphatic heterocycles. The largest absolute Gasteiger partial charge is 0.393 e. The SMILES string of the molecule is O=C1CCC[C@@H](C(=O)Nc2cc(Br)ccc2N[C@H]2CC[C@H](O)CC2)N1. The molecule has 25 heavy (non-hydrogen) atoms. The first-order valence-electron chi connectivity index (χ1n) is 8.85. The fourth-order valence-electron chi connectivity index (χ4n) is 3.41. The first kappa shape index (κ1) is 18.2. The van der Waals surface area contributed by atoms with E-state index in [0.29, 0.717) is 18.5 Å². The molecular weight excluding hydrogens is 386 g/mol. The lowest BCUT2D eigenvalue weighted by molar-refractivity contribution is -0.128. The summed E-state index contributed by atoms with van der Waals surface area (Å²) < 4.78 is 0.875. The number of halogens is 1. The number of benzene rings is 1. The molecule has 0 unspecified atom stereocenters. The maximum absolute atomic E-state index is 12.5. The Morgan fingerprint density at radius 3 is 2.64 bits per heavy atom. The van der Waals surface area contributed by atoms with Gasteiger partial charge in [-0.25, -0.2) is 0 Å². The second-order valence-electron chi connectivity index (χ2n) is 6.84. The summed E-state index contributed by atoms with van der Waals surface area (Å²) in [5.74, 6) is -0.256. The molecule has 0 bridgehead atoms. The van der Waals surface area contributed by atoms with E-state index in [1.54, 1.807) is 0 Å². The Kier molecular flexibility index (Phi) is 5.96. The van der Waals surface area contributed by atoms with Crippen molar-refractivity contribution >= 4 is 39.1 Å². The number of amides is 2. The van der Waals surface area contributed by atoms with Gasteiger partial charge < -0.3 is 21.1 Å². The van der Waals surface area contributed by atoms with E-state index >= 15 is 0 Å². The molecule has 1 saturated heterocycles. The highest BCUT2D eigenvalue weighted by Crippen LogP contribution is 2.30. The van der Waals surface area contributed by atoms with E-state index in [1.807, 2.05) is 18.2 Å². The average Bonchev–Trinajstić information content (AvgIpc) is 2.59. The minimum atomic E-state index is -0.474. The summed E-state index contributed by atoms with van der Waals surface area (Å²) in [6.07, 6.45) is 5.09. The maximum atomic E-state index is 12.5. The second-order valence-corrected chi connectivity index (χ2v) is 7.76. The molecule has 136 valence electrons. The average molecular weight is 410 g/mol. The summed E-state index contributed by atoms with van der Waals surface area (Å²) >= 11 is 3.44. The number of piperidine rings is 1. The van der Waals surface area contributed by atoms with E-state index in [4.69, 9.17) is 0 Å². The molecule has 1 aliphatic carbocycles. The van der Waals surface area contributed by atoms with Crippen LogP contribution in [0, 0.1) is 0 Å². The molecule has 6 nitrogen and oxygen atoms in total. The van der Waals surface area contributed by atoms with Gasteiger partial charge in [-0.3, -0.25) is 9.59 Å². The number of carbonyl (C=O) groups is 2. The lowest BCUT2D eigenvalue weighted by atomic mass is 9.93. The van der Waals surface area contributed by atoms with Gasteiger partial charge in [0.15, 0.2) is 0 Å². The predicted molar refractivity (Wildman–Crippen MR) is 100 cm³/mol. The molecule has 0 radical (unpaired) electrons. The summed E-state index contributed by atoms with van der Waals surface area (Å²) in [4.78, 5) is 24.0. The Balaban J connectivity index is 1.68. The number of nitrogens with one attached hydrogen (secondary N) is 3. The summed E-state index contributed by atoms with van der Waals surface area (Å²) in [6, 6.07) is 5.54. The van der Waals surface area contributed by atoms with E-state index in [1.165, 1.54) is 0 Å². The van der Waals surface area contributed by atoms with Gasteiger partial charge in [-0.2, -0.15) is 0 Å². The van der Waals surface area contributed by atoms with Crippen LogP contribution in [0.25, 0.3) is 0 Å². The Morgan fingerprint density at radius 1 is 1.16 bits per heavy atom. The predicted octanol–water partition coefficient (Wildman–Crippen LogP) is 2.77. The number of rotatable bonds is 4. The van der Waals surface area contributed by atoms with Crippen molar-refractivity contribution in [2.75, 3.05) is 10.6 Å². The minimum Gasteiger partial charge on any atom is -0.393 e. The highest BCUT2D eigenvalue weighted by molar-refractivity contribution is 9.10. The zero-order chi connectivity index (χ0) is 17.8. The van der Waals surface area contributed by atoms with E-state index in [2.05, 4.69) is 31.9 Å². The van der Waals surface area contributed by atoms with Crippen molar-refractivity contribution in [3.05, 3.63) is 22.7 Å². The quantitative estimate of drug-likeness (QED) is 0.615. The fourth-order valence-corrected chi connectivity index (χ4v) is 3.77. The second kappa shape index (κ2) is 8.19. The highest BCUT2D eigenvalue weighted by Gasteiger charge is 2.26. The van der Waals surface area contributed by atoms with E-state index < -0.39 is 6.04 Å². The Labute approximate surface area is 155 Å². The molecule has 7 heteroatoms. The molecular formula is C18H24BrN3O3. The van der Waals surface area contributed by atoms with Crippen molar-refractivity contribution in [2.45, 2.75) is 63.1 Å². The molecule has 0 aromatic heterocycles. The minimum absolute atomic E-state index is 0.0697. The van der Waals surface area contributed by atoms with Crippen LogP contribution in [0.15, 0.2) is 22.7 Å². The van der Waals surface area contributed by atoms with Crippen molar-refractivity contribution in [1.82, 2.24) is 5.32 Å². The zero-order valence-corrected chi connectivity index (χ0v) is 15.6. The molecule has 2 fully saturated rings. The van der Waals surface area contributed by atoms with Gasteiger partial charge in [0.25, 0.3) is 0 Å². The molecule has 3 rings (SSSR count). The molecule has 2 amide bonds. The third kappa shape index (κ3) is 4.95. The van der Waals surface area contributed by atoms with Gasteiger partial charge in [0.2, 0.25) is 11.8 Å². The number of hydrogen-bond donors (Lipinski definition) is 4. The number of aliphatic hydroxyl groups excluding tert-OH is 1. The van der Waals surface area contributed by atoms with Crippen molar-refractivity contribution in [1.29, 1.82) is 0 Å².